The molecule has 1 aromatic heterocycles. The minimum absolute atomic E-state index is 0.0423. The van der Waals surface area contributed by atoms with Gasteiger partial charge < -0.3 is 9.47 Å². The molecule has 2 rings (SSSR count). The maximum Gasteiger partial charge on any atom is 0.330 e. The van der Waals surface area contributed by atoms with Crippen LogP contribution < -0.4 is 20.7 Å². The van der Waals surface area contributed by atoms with E-state index in [4.69, 9.17) is 15.3 Å². The largest absolute Gasteiger partial charge is 0.464 e. The molecule has 10 heteroatoms. The van der Waals surface area contributed by atoms with E-state index in [0.29, 0.717) is 11.1 Å². The lowest BCUT2D eigenvalue weighted by atomic mass is 10.3. The van der Waals surface area contributed by atoms with Crippen LogP contribution in [0.5, 0.6) is 17.8 Å². The third-order valence-electron chi connectivity index (χ3n) is 2.16. The Labute approximate surface area is 126 Å². The quantitative estimate of drug-likeness (QED) is 0.479. The number of hydrogen-bond donors (Lipinski definition) is 2. The van der Waals surface area contributed by atoms with E-state index < -0.39 is 17.4 Å². The predicted octanol–water partition coefficient (Wildman–Crippen LogP) is 2.39. The lowest BCUT2D eigenvalue weighted by Gasteiger charge is -2.09. The van der Waals surface area contributed by atoms with Crippen LogP contribution in [0.15, 0.2) is 16.6 Å². The summed E-state index contributed by atoms with van der Waals surface area (Å²) in [5.41, 5.74) is 2.19. The lowest BCUT2D eigenvalue weighted by molar-refractivity contribution is 0.302. The van der Waals surface area contributed by atoms with Crippen molar-refractivity contribution >= 4 is 21.9 Å². The summed E-state index contributed by atoms with van der Waals surface area (Å²) in [4.78, 5) is 11.4. The van der Waals surface area contributed by atoms with Gasteiger partial charge >= 0.3 is 12.0 Å². The zero-order chi connectivity index (χ0) is 15.4. The Hall–Kier alpha value is -2.07. The van der Waals surface area contributed by atoms with Crippen LogP contribution in [-0.4, -0.2) is 21.6 Å². The molecule has 0 amide bonds. The summed E-state index contributed by atoms with van der Waals surface area (Å²) in [6, 6.07) is 1.84. The Kier molecular flexibility index (Phi) is 4.81. The number of rotatable bonds is 5. The number of halogens is 3. The first-order valence-electron chi connectivity index (χ1n) is 5.71. The highest BCUT2D eigenvalue weighted by Gasteiger charge is 2.15. The van der Waals surface area contributed by atoms with E-state index in [9.17, 15) is 8.78 Å². The molecule has 0 aliphatic rings. The van der Waals surface area contributed by atoms with Crippen molar-refractivity contribution in [2.75, 3.05) is 12.0 Å². The number of aromatic nitrogens is 3. The van der Waals surface area contributed by atoms with Gasteiger partial charge in [-0.05, 0) is 19.1 Å². The Morgan fingerprint density at radius 1 is 1.24 bits per heavy atom. The molecule has 1 heterocycles. The molecule has 0 unspecified atom stereocenters. The molecule has 112 valence electrons. The van der Waals surface area contributed by atoms with Crippen LogP contribution in [-0.2, 0) is 0 Å². The molecule has 0 saturated heterocycles. The molecule has 0 bridgehead atoms. The molecular weight excluding hydrogens is 352 g/mol. The molecule has 0 saturated carbocycles. The minimum Gasteiger partial charge on any atom is -0.464 e. The second-order valence-electron chi connectivity index (χ2n) is 3.60. The number of benzene rings is 1. The van der Waals surface area contributed by atoms with Gasteiger partial charge in [-0.3, -0.25) is 5.43 Å². The van der Waals surface area contributed by atoms with E-state index >= 15 is 0 Å². The number of ether oxygens (including phenoxy) is 2. The standard InChI is InChI=1S/C11H10BrF2N5O2/c1-2-20-10-16-9(19-15)17-11(18-10)21-7-4-5(12)3-6(13)8(7)14/h3-4H,2,15H2,1H3,(H,16,17,18,19). The molecular formula is C11H10BrF2N5O2. The first kappa shape index (κ1) is 15.3. The Bertz CT molecular complexity index is 659. The van der Waals surface area contributed by atoms with Gasteiger partial charge in [0.15, 0.2) is 11.6 Å². The highest BCUT2D eigenvalue weighted by Crippen LogP contribution is 2.28. The zero-order valence-electron chi connectivity index (χ0n) is 10.7. The van der Waals surface area contributed by atoms with Gasteiger partial charge in [0, 0.05) is 4.47 Å². The highest BCUT2D eigenvalue weighted by molar-refractivity contribution is 9.10. The SMILES string of the molecule is CCOc1nc(NN)nc(Oc2cc(Br)cc(F)c2F)n1. The number of hydrazine groups is 1. The Morgan fingerprint density at radius 3 is 2.62 bits per heavy atom. The molecule has 0 radical (unpaired) electrons. The van der Waals surface area contributed by atoms with Crippen LogP contribution in [0.4, 0.5) is 14.7 Å². The molecule has 0 aliphatic heterocycles. The molecule has 0 spiro atoms. The number of nitrogen functional groups attached to an aromatic ring is 1. The van der Waals surface area contributed by atoms with Crippen molar-refractivity contribution in [1.29, 1.82) is 0 Å². The summed E-state index contributed by atoms with van der Waals surface area (Å²) in [7, 11) is 0. The summed E-state index contributed by atoms with van der Waals surface area (Å²) in [5.74, 6) is 2.53. The van der Waals surface area contributed by atoms with Crippen LogP contribution in [0.3, 0.4) is 0 Å². The third kappa shape index (κ3) is 3.73. The van der Waals surface area contributed by atoms with Gasteiger partial charge in [0.2, 0.25) is 11.8 Å². The fourth-order valence-electron chi connectivity index (χ4n) is 1.35. The van der Waals surface area contributed by atoms with E-state index in [1.165, 1.54) is 6.07 Å². The van der Waals surface area contributed by atoms with Crippen LogP contribution in [0, 0.1) is 11.6 Å². The second-order valence-corrected chi connectivity index (χ2v) is 4.52. The van der Waals surface area contributed by atoms with Crippen molar-refractivity contribution in [3.8, 4) is 17.8 Å². The van der Waals surface area contributed by atoms with Crippen LogP contribution in [0.1, 0.15) is 6.92 Å². The number of nitrogens with one attached hydrogen (secondary N) is 1. The number of anilines is 1. The molecule has 21 heavy (non-hydrogen) atoms. The van der Waals surface area contributed by atoms with Crippen molar-refractivity contribution in [2.45, 2.75) is 6.92 Å². The minimum atomic E-state index is -1.17. The van der Waals surface area contributed by atoms with Gasteiger partial charge in [0.05, 0.1) is 6.61 Å². The summed E-state index contributed by atoms with van der Waals surface area (Å²) < 4.78 is 37.4. The predicted molar refractivity (Wildman–Crippen MR) is 72.9 cm³/mol. The summed E-state index contributed by atoms with van der Waals surface area (Å²) in [5, 5.41) is 0. The molecule has 0 aliphatic carbocycles. The average molecular weight is 362 g/mol. The van der Waals surface area contributed by atoms with Crippen molar-refractivity contribution in [1.82, 2.24) is 15.0 Å². The molecule has 2 aromatic rings. The van der Waals surface area contributed by atoms with Gasteiger partial charge in [0.1, 0.15) is 0 Å². The van der Waals surface area contributed by atoms with Gasteiger partial charge in [0.25, 0.3) is 0 Å². The zero-order valence-corrected chi connectivity index (χ0v) is 12.3. The normalized spacial score (nSPS) is 10.3. The summed E-state index contributed by atoms with van der Waals surface area (Å²) in [6.45, 7) is 2.02. The van der Waals surface area contributed by atoms with Gasteiger partial charge in [-0.15, -0.1) is 4.98 Å². The average Bonchev–Trinajstić information content (AvgIpc) is 2.44. The second kappa shape index (κ2) is 6.59. The van der Waals surface area contributed by atoms with E-state index in [0.717, 1.165) is 6.07 Å². The third-order valence-corrected chi connectivity index (χ3v) is 2.62. The van der Waals surface area contributed by atoms with E-state index in [1.807, 2.05) is 0 Å². The fraction of sp³-hybridized carbons (Fsp3) is 0.182. The molecule has 7 nitrogen and oxygen atoms in total. The number of nitrogens with zero attached hydrogens (tertiary/aromatic N) is 3. The smallest absolute Gasteiger partial charge is 0.330 e. The first-order valence-corrected chi connectivity index (χ1v) is 6.50. The lowest BCUT2D eigenvalue weighted by Crippen LogP contribution is -2.13. The monoisotopic (exact) mass is 361 g/mol. The van der Waals surface area contributed by atoms with Crippen molar-refractivity contribution in [2.24, 2.45) is 5.84 Å². The fourth-order valence-corrected chi connectivity index (χ4v) is 1.76. The van der Waals surface area contributed by atoms with Crippen molar-refractivity contribution in [3.05, 3.63) is 28.2 Å². The van der Waals surface area contributed by atoms with Gasteiger partial charge in [-0.1, -0.05) is 15.9 Å². The van der Waals surface area contributed by atoms with Crippen LogP contribution in [0.2, 0.25) is 0 Å². The summed E-state index contributed by atoms with van der Waals surface area (Å²) >= 11 is 3.03. The molecule has 1 aromatic carbocycles. The van der Waals surface area contributed by atoms with E-state index in [-0.39, 0.29) is 18.0 Å². The molecule has 3 N–H and O–H groups in total. The Balaban J connectivity index is 2.37. The molecule has 0 fully saturated rings. The number of hydrogen-bond acceptors (Lipinski definition) is 7. The van der Waals surface area contributed by atoms with Crippen LogP contribution >= 0.6 is 15.9 Å². The summed E-state index contributed by atoms with van der Waals surface area (Å²) in [6.07, 6.45) is 0. The highest BCUT2D eigenvalue weighted by atomic mass is 79.9. The number of nitrogens with two attached hydrogens (primary N) is 1. The maximum absolute atomic E-state index is 13.6. The van der Waals surface area contributed by atoms with E-state index in [2.05, 4.69) is 36.3 Å². The van der Waals surface area contributed by atoms with Crippen molar-refractivity contribution in [3.63, 3.8) is 0 Å². The Morgan fingerprint density at radius 2 is 1.95 bits per heavy atom. The topological polar surface area (TPSA) is 95.2 Å². The van der Waals surface area contributed by atoms with Crippen molar-refractivity contribution < 1.29 is 18.3 Å². The van der Waals surface area contributed by atoms with Gasteiger partial charge in [-0.25, -0.2) is 10.2 Å². The van der Waals surface area contributed by atoms with Gasteiger partial charge in [-0.2, -0.15) is 14.4 Å². The molecule has 0 atom stereocenters. The van der Waals surface area contributed by atoms with Crippen LogP contribution in [0.25, 0.3) is 0 Å². The maximum atomic E-state index is 13.6. The first-order chi connectivity index (χ1) is 10.0. The van der Waals surface area contributed by atoms with E-state index in [1.54, 1.807) is 6.92 Å².